The molecule has 6 heteroatoms. The van der Waals surface area contributed by atoms with Gasteiger partial charge in [0.25, 0.3) is 0 Å². The first-order valence-electron chi connectivity index (χ1n) is 7.39. The Morgan fingerprint density at radius 3 is 2.74 bits per heavy atom. The lowest BCUT2D eigenvalue weighted by Crippen LogP contribution is -2.35. The molecule has 3 rings (SSSR count). The molecule has 4 nitrogen and oxygen atoms in total. The Morgan fingerprint density at radius 1 is 1.04 bits per heavy atom. The number of benzene rings is 2. The fourth-order valence-corrected chi connectivity index (χ4v) is 3.11. The molecule has 23 heavy (non-hydrogen) atoms. The number of thioether (sulfide) groups is 1. The van der Waals surface area contributed by atoms with Crippen LogP contribution in [0.3, 0.4) is 0 Å². The molecule has 0 atom stereocenters. The fourth-order valence-electron chi connectivity index (χ4n) is 2.15. The maximum absolute atomic E-state index is 5.37. The first-order chi connectivity index (χ1) is 11.3. The highest BCUT2D eigenvalue weighted by molar-refractivity contribution is 7.99. The monoisotopic (exact) mass is 346 g/mol. The summed E-state index contributed by atoms with van der Waals surface area (Å²) in [7, 11) is 0. The smallest absolute Gasteiger partial charge is 0.231 e. The zero-order valence-electron chi connectivity index (χ0n) is 12.6. The van der Waals surface area contributed by atoms with Crippen LogP contribution in [-0.2, 0) is 6.54 Å². The predicted octanol–water partition coefficient (Wildman–Crippen LogP) is 3.17. The largest absolute Gasteiger partial charge is 0.454 e. The molecule has 120 valence electrons. The molecule has 0 amide bonds. The van der Waals surface area contributed by atoms with Crippen LogP contribution in [0.1, 0.15) is 5.56 Å². The van der Waals surface area contributed by atoms with Crippen molar-refractivity contribution < 1.29 is 9.47 Å². The number of rotatable bonds is 6. The first kappa shape index (κ1) is 16.0. The third-order valence-electron chi connectivity index (χ3n) is 3.29. The van der Waals surface area contributed by atoms with Gasteiger partial charge in [-0.3, -0.25) is 0 Å². The van der Waals surface area contributed by atoms with E-state index < -0.39 is 0 Å². The summed E-state index contributed by atoms with van der Waals surface area (Å²) in [4.78, 5) is 1.27. The Hall–Kier alpha value is -1.92. The van der Waals surface area contributed by atoms with Gasteiger partial charge in [0.1, 0.15) is 0 Å². The van der Waals surface area contributed by atoms with Crippen molar-refractivity contribution in [2.24, 2.45) is 0 Å². The third kappa shape index (κ3) is 4.77. The van der Waals surface area contributed by atoms with Crippen molar-refractivity contribution in [3.63, 3.8) is 0 Å². The van der Waals surface area contributed by atoms with Crippen molar-refractivity contribution in [3.05, 3.63) is 54.1 Å². The Kier molecular flexibility index (Phi) is 5.60. The molecule has 0 saturated carbocycles. The number of fused-ring (bicyclic) bond motifs is 1. The van der Waals surface area contributed by atoms with E-state index in [4.69, 9.17) is 21.7 Å². The van der Waals surface area contributed by atoms with Gasteiger partial charge < -0.3 is 20.1 Å². The number of thiocarbonyl (C=S) groups is 1. The number of hydrogen-bond acceptors (Lipinski definition) is 4. The SMILES string of the molecule is S=C(NCCSc1ccccc1)NCc1ccc2c(c1)OCO2. The maximum Gasteiger partial charge on any atom is 0.231 e. The van der Waals surface area contributed by atoms with E-state index in [-0.39, 0.29) is 0 Å². The molecule has 0 aromatic heterocycles. The highest BCUT2D eigenvalue weighted by atomic mass is 32.2. The van der Waals surface area contributed by atoms with E-state index in [1.54, 1.807) is 0 Å². The second kappa shape index (κ2) is 8.08. The minimum atomic E-state index is 0.297. The van der Waals surface area contributed by atoms with E-state index in [2.05, 4.69) is 22.8 Å². The lowest BCUT2D eigenvalue weighted by molar-refractivity contribution is 0.174. The van der Waals surface area contributed by atoms with Gasteiger partial charge >= 0.3 is 0 Å². The standard InChI is InChI=1S/C17H18N2O2S2/c22-17(18-8-9-23-14-4-2-1-3-5-14)19-11-13-6-7-15-16(10-13)21-12-20-15/h1-7,10H,8-9,11-12H2,(H2,18,19,22). The van der Waals surface area contributed by atoms with Crippen molar-refractivity contribution in [2.75, 3.05) is 19.1 Å². The normalized spacial score (nSPS) is 12.0. The molecule has 1 aliphatic heterocycles. The van der Waals surface area contributed by atoms with Crippen LogP contribution in [0.25, 0.3) is 0 Å². The van der Waals surface area contributed by atoms with Crippen molar-refractivity contribution in [1.29, 1.82) is 0 Å². The second-order valence-electron chi connectivity index (χ2n) is 4.96. The van der Waals surface area contributed by atoms with Gasteiger partial charge in [0.2, 0.25) is 6.79 Å². The van der Waals surface area contributed by atoms with Crippen LogP contribution in [0.2, 0.25) is 0 Å². The quantitative estimate of drug-likeness (QED) is 0.476. The molecule has 0 fully saturated rings. The average molecular weight is 346 g/mol. The first-order valence-corrected chi connectivity index (χ1v) is 8.79. The molecule has 1 aliphatic rings. The summed E-state index contributed by atoms with van der Waals surface area (Å²) >= 11 is 7.11. The van der Waals surface area contributed by atoms with E-state index in [0.717, 1.165) is 29.4 Å². The van der Waals surface area contributed by atoms with E-state index >= 15 is 0 Å². The highest BCUT2D eigenvalue weighted by Gasteiger charge is 2.12. The second-order valence-corrected chi connectivity index (χ2v) is 6.54. The van der Waals surface area contributed by atoms with Crippen LogP contribution < -0.4 is 20.1 Å². The average Bonchev–Trinajstić information content (AvgIpc) is 3.05. The van der Waals surface area contributed by atoms with Gasteiger partial charge in [0.05, 0.1) is 0 Å². The van der Waals surface area contributed by atoms with Crippen LogP contribution >= 0.6 is 24.0 Å². The molecular formula is C17H18N2O2S2. The molecule has 2 N–H and O–H groups in total. The predicted molar refractivity (Wildman–Crippen MR) is 97.2 cm³/mol. The fraction of sp³-hybridized carbons (Fsp3) is 0.235. The molecule has 0 unspecified atom stereocenters. The van der Waals surface area contributed by atoms with Gasteiger partial charge in [-0.1, -0.05) is 24.3 Å². The van der Waals surface area contributed by atoms with E-state index in [1.165, 1.54) is 4.90 Å². The number of hydrogen-bond donors (Lipinski definition) is 2. The van der Waals surface area contributed by atoms with Crippen LogP contribution in [-0.4, -0.2) is 24.2 Å². The summed E-state index contributed by atoms with van der Waals surface area (Å²) in [5.74, 6) is 2.56. The zero-order valence-corrected chi connectivity index (χ0v) is 14.2. The van der Waals surface area contributed by atoms with Crippen molar-refractivity contribution in [1.82, 2.24) is 10.6 Å². The number of nitrogens with one attached hydrogen (secondary N) is 2. The van der Waals surface area contributed by atoms with Gasteiger partial charge in [-0.15, -0.1) is 11.8 Å². The topological polar surface area (TPSA) is 42.5 Å². The molecule has 0 radical (unpaired) electrons. The Labute approximate surface area is 145 Å². The summed E-state index contributed by atoms with van der Waals surface area (Å²) in [5, 5.41) is 7.09. The summed E-state index contributed by atoms with van der Waals surface area (Å²) < 4.78 is 10.7. The van der Waals surface area contributed by atoms with E-state index in [0.29, 0.717) is 18.5 Å². The van der Waals surface area contributed by atoms with Gasteiger partial charge in [0.15, 0.2) is 16.6 Å². The molecule has 1 heterocycles. The Bertz CT molecular complexity index is 665. The molecular weight excluding hydrogens is 328 g/mol. The van der Waals surface area contributed by atoms with Gasteiger partial charge in [-0.2, -0.15) is 0 Å². The highest BCUT2D eigenvalue weighted by Crippen LogP contribution is 2.32. The summed E-state index contributed by atoms with van der Waals surface area (Å²) in [5.41, 5.74) is 1.11. The minimum Gasteiger partial charge on any atom is -0.454 e. The van der Waals surface area contributed by atoms with Crippen LogP contribution in [0.4, 0.5) is 0 Å². The summed E-state index contributed by atoms with van der Waals surface area (Å²) in [6.45, 7) is 1.78. The van der Waals surface area contributed by atoms with Crippen LogP contribution in [0.15, 0.2) is 53.4 Å². The Morgan fingerprint density at radius 2 is 1.87 bits per heavy atom. The summed E-state index contributed by atoms with van der Waals surface area (Å²) in [6, 6.07) is 16.3. The van der Waals surface area contributed by atoms with Crippen molar-refractivity contribution >= 4 is 29.1 Å². The number of ether oxygens (including phenoxy) is 2. The molecule has 0 aliphatic carbocycles. The van der Waals surface area contributed by atoms with Crippen LogP contribution in [0.5, 0.6) is 11.5 Å². The summed E-state index contributed by atoms with van der Waals surface area (Å²) in [6.07, 6.45) is 0. The lowest BCUT2D eigenvalue weighted by Gasteiger charge is -2.10. The third-order valence-corrected chi connectivity index (χ3v) is 4.59. The molecule has 0 saturated heterocycles. The van der Waals surface area contributed by atoms with Gasteiger partial charge in [-0.25, -0.2) is 0 Å². The van der Waals surface area contributed by atoms with E-state index in [1.807, 2.05) is 48.2 Å². The molecule has 0 spiro atoms. The van der Waals surface area contributed by atoms with Gasteiger partial charge in [0, 0.05) is 23.7 Å². The van der Waals surface area contributed by atoms with Gasteiger partial charge in [-0.05, 0) is 42.0 Å². The zero-order chi connectivity index (χ0) is 15.9. The van der Waals surface area contributed by atoms with E-state index in [9.17, 15) is 0 Å². The van der Waals surface area contributed by atoms with Crippen molar-refractivity contribution in [3.8, 4) is 11.5 Å². The van der Waals surface area contributed by atoms with Crippen LogP contribution in [0, 0.1) is 0 Å². The Balaban J connectivity index is 1.35. The molecule has 2 aromatic rings. The maximum atomic E-state index is 5.37. The lowest BCUT2D eigenvalue weighted by atomic mass is 10.2. The molecule has 0 bridgehead atoms. The minimum absolute atomic E-state index is 0.297. The molecule has 2 aromatic carbocycles. The van der Waals surface area contributed by atoms with Crippen molar-refractivity contribution in [2.45, 2.75) is 11.4 Å².